The van der Waals surface area contributed by atoms with Crippen LogP contribution in [0.2, 0.25) is 5.02 Å². The molecular weight excluding hydrogens is 273 g/mol. The lowest BCUT2D eigenvalue weighted by molar-refractivity contribution is -0.137. The van der Waals surface area contributed by atoms with Crippen LogP contribution in [0, 0.1) is 5.82 Å². The van der Waals surface area contributed by atoms with E-state index in [1.54, 1.807) is 0 Å². The molecule has 1 aromatic rings. The van der Waals surface area contributed by atoms with Crippen molar-refractivity contribution in [3.8, 4) is 0 Å². The molecule has 1 saturated heterocycles. The number of hydrogen-bond acceptors (Lipinski definition) is 3. The van der Waals surface area contributed by atoms with Crippen LogP contribution in [0.15, 0.2) is 18.2 Å². The summed E-state index contributed by atoms with van der Waals surface area (Å²) in [7, 11) is 0. The molecule has 1 fully saturated rings. The number of benzene rings is 1. The first-order valence-electron chi connectivity index (χ1n) is 5.92. The third-order valence-electron chi connectivity index (χ3n) is 2.74. The van der Waals surface area contributed by atoms with Crippen molar-refractivity contribution < 1.29 is 18.7 Å². The van der Waals surface area contributed by atoms with E-state index < -0.39 is 11.6 Å². The second-order valence-corrected chi connectivity index (χ2v) is 5.20. The van der Waals surface area contributed by atoms with Gasteiger partial charge in [-0.2, -0.15) is 0 Å². The minimum atomic E-state index is -0.616. The van der Waals surface area contributed by atoms with Gasteiger partial charge in [0.15, 0.2) is 5.79 Å². The molecule has 0 saturated carbocycles. The summed E-state index contributed by atoms with van der Waals surface area (Å²) in [5.41, 5.74) is 0.310. The summed E-state index contributed by atoms with van der Waals surface area (Å²) in [6.45, 7) is 4.39. The summed E-state index contributed by atoms with van der Waals surface area (Å²) in [6, 6.07) is 3.84. The molecule has 2 rings (SSSR count). The quantitative estimate of drug-likeness (QED) is 0.928. The van der Waals surface area contributed by atoms with Crippen LogP contribution in [-0.4, -0.2) is 30.9 Å². The van der Waals surface area contributed by atoms with Crippen molar-refractivity contribution in [2.45, 2.75) is 25.7 Å². The summed E-state index contributed by atoms with van der Waals surface area (Å²) in [5.74, 6) is -1.49. The van der Waals surface area contributed by atoms with Crippen LogP contribution in [0.4, 0.5) is 4.39 Å². The average molecular weight is 288 g/mol. The summed E-state index contributed by atoms with van der Waals surface area (Å²) in [6.07, 6.45) is -0.185. The van der Waals surface area contributed by atoms with E-state index in [0.717, 1.165) is 6.07 Å². The van der Waals surface area contributed by atoms with Crippen LogP contribution in [0.1, 0.15) is 24.2 Å². The Kier molecular flexibility index (Phi) is 4.08. The molecule has 1 amide bonds. The zero-order valence-electron chi connectivity index (χ0n) is 10.7. The maximum Gasteiger partial charge on any atom is 0.251 e. The predicted octanol–water partition coefficient (Wildman–Crippen LogP) is 2.36. The van der Waals surface area contributed by atoms with E-state index in [-0.39, 0.29) is 17.0 Å². The largest absolute Gasteiger partial charge is 0.349 e. The smallest absolute Gasteiger partial charge is 0.251 e. The lowest BCUT2D eigenvalue weighted by Crippen LogP contribution is -2.34. The number of rotatable bonds is 3. The van der Waals surface area contributed by atoms with Crippen LogP contribution < -0.4 is 5.32 Å². The molecule has 1 aliphatic rings. The van der Waals surface area contributed by atoms with Gasteiger partial charge in [-0.15, -0.1) is 0 Å². The number of carbonyl (C=O) groups is 1. The molecule has 104 valence electrons. The first kappa shape index (κ1) is 14.2. The Morgan fingerprint density at radius 1 is 1.58 bits per heavy atom. The van der Waals surface area contributed by atoms with Crippen molar-refractivity contribution in [3.63, 3.8) is 0 Å². The van der Waals surface area contributed by atoms with E-state index in [1.807, 2.05) is 13.8 Å². The minimum absolute atomic E-state index is 0.0748. The van der Waals surface area contributed by atoms with Crippen molar-refractivity contribution in [2.24, 2.45) is 0 Å². The molecular formula is C13H15ClFNO3. The normalized spacial score (nSPS) is 21.4. The lowest BCUT2D eigenvalue weighted by Gasteiger charge is -2.17. The Morgan fingerprint density at radius 3 is 2.89 bits per heavy atom. The van der Waals surface area contributed by atoms with E-state index >= 15 is 0 Å². The van der Waals surface area contributed by atoms with Gasteiger partial charge in [-0.3, -0.25) is 4.79 Å². The van der Waals surface area contributed by atoms with Gasteiger partial charge in [0.2, 0.25) is 0 Å². The highest BCUT2D eigenvalue weighted by Crippen LogP contribution is 2.22. The summed E-state index contributed by atoms with van der Waals surface area (Å²) < 4.78 is 23.9. The fraction of sp³-hybridized carbons (Fsp3) is 0.462. The maximum absolute atomic E-state index is 13.0. The number of amides is 1. The first-order valence-corrected chi connectivity index (χ1v) is 6.30. The van der Waals surface area contributed by atoms with E-state index in [1.165, 1.54) is 12.1 Å². The third-order valence-corrected chi connectivity index (χ3v) is 3.03. The predicted molar refractivity (Wildman–Crippen MR) is 68.6 cm³/mol. The zero-order chi connectivity index (χ0) is 14.0. The Bertz CT molecular complexity index is 493. The van der Waals surface area contributed by atoms with Gasteiger partial charge in [0.05, 0.1) is 11.6 Å². The van der Waals surface area contributed by atoms with E-state index in [2.05, 4.69) is 5.32 Å². The molecule has 0 spiro atoms. The SMILES string of the molecule is CC1(C)OCC(CNC(=O)c2ccc(F)c(Cl)c2)O1. The van der Waals surface area contributed by atoms with Gasteiger partial charge < -0.3 is 14.8 Å². The molecule has 19 heavy (non-hydrogen) atoms. The number of nitrogens with one attached hydrogen (secondary N) is 1. The van der Waals surface area contributed by atoms with Gasteiger partial charge in [-0.25, -0.2) is 4.39 Å². The van der Waals surface area contributed by atoms with Crippen LogP contribution in [0.3, 0.4) is 0 Å². The van der Waals surface area contributed by atoms with Gasteiger partial charge in [0.1, 0.15) is 11.9 Å². The van der Waals surface area contributed by atoms with Crippen LogP contribution >= 0.6 is 11.6 Å². The molecule has 1 atom stereocenters. The fourth-order valence-electron chi connectivity index (χ4n) is 1.81. The summed E-state index contributed by atoms with van der Waals surface area (Å²) in [4.78, 5) is 11.8. The highest BCUT2D eigenvalue weighted by Gasteiger charge is 2.32. The second-order valence-electron chi connectivity index (χ2n) is 4.79. The van der Waals surface area contributed by atoms with Crippen LogP contribution in [-0.2, 0) is 9.47 Å². The number of hydrogen-bond donors (Lipinski definition) is 1. The standard InChI is InChI=1S/C13H15ClFNO3/c1-13(2)18-7-9(19-13)6-16-12(17)8-3-4-11(15)10(14)5-8/h3-5,9H,6-7H2,1-2H3,(H,16,17). The Labute approximate surface area is 115 Å². The van der Waals surface area contributed by atoms with Gasteiger partial charge in [-0.05, 0) is 32.0 Å². The Hall–Kier alpha value is -1.17. The Morgan fingerprint density at radius 2 is 2.32 bits per heavy atom. The zero-order valence-corrected chi connectivity index (χ0v) is 11.5. The average Bonchev–Trinajstić information content (AvgIpc) is 2.69. The molecule has 0 radical (unpaired) electrons. The van der Waals surface area contributed by atoms with Crippen molar-refractivity contribution in [2.75, 3.05) is 13.2 Å². The van der Waals surface area contributed by atoms with Crippen molar-refractivity contribution in [1.82, 2.24) is 5.32 Å². The lowest BCUT2D eigenvalue weighted by atomic mass is 10.2. The van der Waals surface area contributed by atoms with Crippen molar-refractivity contribution in [1.29, 1.82) is 0 Å². The van der Waals surface area contributed by atoms with Gasteiger partial charge in [-0.1, -0.05) is 11.6 Å². The van der Waals surface area contributed by atoms with E-state index in [9.17, 15) is 9.18 Å². The molecule has 0 aliphatic carbocycles. The van der Waals surface area contributed by atoms with Gasteiger partial charge >= 0.3 is 0 Å². The monoisotopic (exact) mass is 287 g/mol. The molecule has 1 aliphatic heterocycles. The molecule has 0 aromatic heterocycles. The molecule has 0 bridgehead atoms. The fourth-order valence-corrected chi connectivity index (χ4v) is 1.99. The van der Waals surface area contributed by atoms with Crippen LogP contribution in [0.5, 0.6) is 0 Å². The molecule has 1 heterocycles. The van der Waals surface area contributed by atoms with Crippen LogP contribution in [0.25, 0.3) is 0 Å². The molecule has 1 N–H and O–H groups in total. The highest BCUT2D eigenvalue weighted by atomic mass is 35.5. The second kappa shape index (κ2) is 5.45. The molecule has 6 heteroatoms. The first-order chi connectivity index (χ1) is 8.87. The maximum atomic E-state index is 13.0. The number of halogens is 2. The molecule has 1 aromatic carbocycles. The summed E-state index contributed by atoms with van der Waals surface area (Å²) in [5, 5.41) is 2.63. The highest BCUT2D eigenvalue weighted by molar-refractivity contribution is 6.31. The topological polar surface area (TPSA) is 47.6 Å². The van der Waals surface area contributed by atoms with E-state index in [0.29, 0.717) is 18.7 Å². The third kappa shape index (κ3) is 3.65. The number of carbonyl (C=O) groups excluding carboxylic acids is 1. The molecule has 1 unspecified atom stereocenters. The van der Waals surface area contributed by atoms with Gasteiger partial charge in [0.25, 0.3) is 5.91 Å². The van der Waals surface area contributed by atoms with Crippen molar-refractivity contribution >= 4 is 17.5 Å². The van der Waals surface area contributed by atoms with E-state index in [4.69, 9.17) is 21.1 Å². The van der Waals surface area contributed by atoms with Crippen molar-refractivity contribution in [3.05, 3.63) is 34.6 Å². The number of ether oxygens (including phenoxy) is 2. The van der Waals surface area contributed by atoms with Gasteiger partial charge in [0, 0.05) is 12.1 Å². The minimum Gasteiger partial charge on any atom is -0.349 e. The molecule has 4 nitrogen and oxygen atoms in total. The Balaban J connectivity index is 1.89. The summed E-state index contributed by atoms with van der Waals surface area (Å²) >= 11 is 5.62.